The maximum absolute atomic E-state index is 8.07. The van der Waals surface area contributed by atoms with Crippen molar-refractivity contribution in [2.24, 2.45) is 0 Å². The summed E-state index contributed by atoms with van der Waals surface area (Å²) >= 11 is 0. The van der Waals surface area contributed by atoms with Crippen molar-refractivity contribution in [1.82, 2.24) is 0 Å². The van der Waals surface area contributed by atoms with Gasteiger partial charge in [-0.15, -0.1) is 0 Å². The van der Waals surface area contributed by atoms with Crippen LogP contribution in [0.15, 0.2) is 84.9 Å². The van der Waals surface area contributed by atoms with E-state index in [1.54, 1.807) is 0 Å². The van der Waals surface area contributed by atoms with E-state index in [2.05, 4.69) is 51.1 Å². The van der Waals surface area contributed by atoms with Crippen molar-refractivity contribution in [2.45, 2.75) is 45.6 Å². The molecule has 0 unspecified atom stereocenters. The van der Waals surface area contributed by atoms with Gasteiger partial charge in [-0.05, 0) is 41.8 Å². The molecular weight excluding hydrogens is 372 g/mol. The van der Waals surface area contributed by atoms with E-state index in [4.69, 9.17) is 14.6 Å². The minimum atomic E-state index is -0.0145. The molecule has 0 aromatic heterocycles. The molecule has 3 rings (SSSR count). The lowest BCUT2D eigenvalue weighted by Crippen LogP contribution is -2.24. The van der Waals surface area contributed by atoms with Crippen LogP contribution in [0.25, 0.3) is 0 Å². The molecule has 0 aliphatic carbocycles. The van der Waals surface area contributed by atoms with Gasteiger partial charge in [-0.25, -0.2) is 0 Å². The predicted octanol–water partition coefficient (Wildman–Crippen LogP) is 6.75. The van der Waals surface area contributed by atoms with Crippen LogP contribution in [-0.2, 0) is 16.8 Å². The SMILES string of the molecule is CC(C)(COCc1cccc(Oc2ccccc2)c1)c1ccccc1.CCCCO. The average Bonchev–Trinajstić information content (AvgIpc) is 2.76. The van der Waals surface area contributed by atoms with E-state index < -0.39 is 0 Å². The molecule has 0 saturated carbocycles. The van der Waals surface area contributed by atoms with Gasteiger partial charge in [0, 0.05) is 12.0 Å². The van der Waals surface area contributed by atoms with Crippen LogP contribution in [-0.4, -0.2) is 18.3 Å². The van der Waals surface area contributed by atoms with Gasteiger partial charge in [0.15, 0.2) is 0 Å². The van der Waals surface area contributed by atoms with E-state index in [9.17, 15) is 0 Å². The first kappa shape index (κ1) is 23.7. The van der Waals surface area contributed by atoms with Crippen molar-refractivity contribution in [2.75, 3.05) is 13.2 Å². The summed E-state index contributed by atoms with van der Waals surface area (Å²) in [5, 5.41) is 8.07. The van der Waals surface area contributed by atoms with Crippen molar-refractivity contribution in [1.29, 1.82) is 0 Å². The molecule has 3 aromatic rings. The zero-order valence-corrected chi connectivity index (χ0v) is 18.4. The Kier molecular flexibility index (Phi) is 10.1. The quantitative estimate of drug-likeness (QED) is 0.427. The molecule has 1 N–H and O–H groups in total. The maximum atomic E-state index is 8.07. The molecule has 0 heterocycles. The smallest absolute Gasteiger partial charge is 0.127 e. The number of aliphatic hydroxyl groups excluding tert-OH is 1. The summed E-state index contributed by atoms with van der Waals surface area (Å²) in [6.45, 7) is 8.05. The summed E-state index contributed by atoms with van der Waals surface area (Å²) in [7, 11) is 0. The molecule has 0 fully saturated rings. The highest BCUT2D eigenvalue weighted by atomic mass is 16.5. The molecule has 0 radical (unpaired) electrons. The number of hydrogen-bond donors (Lipinski definition) is 1. The van der Waals surface area contributed by atoms with Crippen LogP contribution in [0.4, 0.5) is 0 Å². The fraction of sp³-hybridized carbons (Fsp3) is 0.333. The van der Waals surface area contributed by atoms with Crippen molar-refractivity contribution in [3.05, 3.63) is 96.1 Å². The Hall–Kier alpha value is -2.62. The summed E-state index contributed by atoms with van der Waals surface area (Å²) in [6.07, 6.45) is 2.04. The van der Waals surface area contributed by atoms with Crippen molar-refractivity contribution >= 4 is 0 Å². The Labute approximate surface area is 181 Å². The predicted molar refractivity (Wildman–Crippen MR) is 124 cm³/mol. The van der Waals surface area contributed by atoms with Gasteiger partial charge in [-0.3, -0.25) is 0 Å². The Morgan fingerprint density at radius 1 is 0.800 bits per heavy atom. The van der Waals surface area contributed by atoms with Gasteiger partial charge in [-0.1, -0.05) is 87.9 Å². The standard InChI is InChI=1S/C23H24O2.C4H10O/c1-23(2,20-11-5-3-6-12-20)18-24-17-19-10-9-15-22(16-19)25-21-13-7-4-8-14-21;1-2-3-4-5/h3-16H,17-18H2,1-2H3;5H,2-4H2,1H3. The fourth-order valence-electron chi connectivity index (χ4n) is 2.88. The Bertz CT molecular complexity index is 827. The van der Waals surface area contributed by atoms with Crippen LogP contribution < -0.4 is 4.74 Å². The van der Waals surface area contributed by atoms with Crippen LogP contribution in [0.2, 0.25) is 0 Å². The van der Waals surface area contributed by atoms with Gasteiger partial charge in [-0.2, -0.15) is 0 Å². The van der Waals surface area contributed by atoms with E-state index in [1.807, 2.05) is 54.6 Å². The molecule has 0 saturated heterocycles. The van der Waals surface area contributed by atoms with E-state index in [0.29, 0.717) is 19.8 Å². The minimum absolute atomic E-state index is 0.0145. The number of aliphatic hydroxyl groups is 1. The second kappa shape index (κ2) is 12.8. The van der Waals surface area contributed by atoms with Gasteiger partial charge < -0.3 is 14.6 Å². The largest absolute Gasteiger partial charge is 0.457 e. The maximum Gasteiger partial charge on any atom is 0.127 e. The van der Waals surface area contributed by atoms with Gasteiger partial charge in [0.1, 0.15) is 11.5 Å². The summed E-state index contributed by atoms with van der Waals surface area (Å²) in [6, 6.07) is 28.3. The molecule has 0 amide bonds. The lowest BCUT2D eigenvalue weighted by Gasteiger charge is -2.25. The normalized spacial score (nSPS) is 10.8. The van der Waals surface area contributed by atoms with E-state index >= 15 is 0 Å². The monoisotopic (exact) mass is 406 g/mol. The van der Waals surface area contributed by atoms with Crippen molar-refractivity contribution in [3.63, 3.8) is 0 Å². The first-order valence-corrected chi connectivity index (χ1v) is 10.6. The molecule has 3 heteroatoms. The number of ether oxygens (including phenoxy) is 2. The van der Waals surface area contributed by atoms with Crippen LogP contribution in [0.3, 0.4) is 0 Å². The molecular formula is C27H34O3. The van der Waals surface area contributed by atoms with Crippen molar-refractivity contribution < 1.29 is 14.6 Å². The number of para-hydroxylation sites is 1. The van der Waals surface area contributed by atoms with E-state index in [-0.39, 0.29) is 5.41 Å². The first-order chi connectivity index (χ1) is 14.5. The van der Waals surface area contributed by atoms with Crippen LogP contribution in [0.1, 0.15) is 44.7 Å². The number of unbranched alkanes of at least 4 members (excludes halogenated alkanes) is 1. The first-order valence-electron chi connectivity index (χ1n) is 10.6. The minimum Gasteiger partial charge on any atom is -0.457 e. The molecule has 0 spiro atoms. The third-order valence-electron chi connectivity index (χ3n) is 4.68. The second-order valence-electron chi connectivity index (χ2n) is 7.88. The molecule has 0 aliphatic rings. The molecule has 3 nitrogen and oxygen atoms in total. The van der Waals surface area contributed by atoms with Crippen molar-refractivity contribution in [3.8, 4) is 11.5 Å². The zero-order valence-electron chi connectivity index (χ0n) is 18.4. The Balaban J connectivity index is 0.000000575. The highest BCUT2D eigenvalue weighted by molar-refractivity contribution is 5.33. The van der Waals surface area contributed by atoms with Gasteiger partial charge in [0.05, 0.1) is 13.2 Å². The fourth-order valence-corrected chi connectivity index (χ4v) is 2.88. The topological polar surface area (TPSA) is 38.7 Å². The summed E-state index contributed by atoms with van der Waals surface area (Å²) in [5.41, 5.74) is 2.38. The van der Waals surface area contributed by atoms with Gasteiger partial charge >= 0.3 is 0 Å². The average molecular weight is 407 g/mol. The van der Waals surface area contributed by atoms with Gasteiger partial charge in [0.25, 0.3) is 0 Å². The highest BCUT2D eigenvalue weighted by Crippen LogP contribution is 2.25. The summed E-state index contributed by atoms with van der Waals surface area (Å²) in [4.78, 5) is 0. The summed E-state index contributed by atoms with van der Waals surface area (Å²) in [5.74, 6) is 1.67. The lowest BCUT2D eigenvalue weighted by atomic mass is 9.86. The molecule has 0 atom stereocenters. The number of benzene rings is 3. The van der Waals surface area contributed by atoms with Gasteiger partial charge in [0.2, 0.25) is 0 Å². The summed E-state index contributed by atoms with van der Waals surface area (Å²) < 4.78 is 11.9. The number of rotatable bonds is 9. The molecule has 30 heavy (non-hydrogen) atoms. The number of hydrogen-bond acceptors (Lipinski definition) is 3. The Morgan fingerprint density at radius 2 is 1.43 bits per heavy atom. The molecule has 0 aliphatic heterocycles. The lowest BCUT2D eigenvalue weighted by molar-refractivity contribution is 0.0824. The third kappa shape index (κ3) is 8.40. The van der Waals surface area contributed by atoms with E-state index in [0.717, 1.165) is 29.9 Å². The van der Waals surface area contributed by atoms with Crippen LogP contribution in [0.5, 0.6) is 11.5 Å². The van der Waals surface area contributed by atoms with E-state index in [1.165, 1.54) is 5.56 Å². The Morgan fingerprint density at radius 3 is 2.03 bits per heavy atom. The zero-order chi connectivity index (χ0) is 21.7. The molecule has 3 aromatic carbocycles. The second-order valence-corrected chi connectivity index (χ2v) is 7.88. The molecule has 0 bridgehead atoms. The molecule has 160 valence electrons. The van der Waals surface area contributed by atoms with Crippen LogP contribution in [0, 0.1) is 0 Å². The third-order valence-corrected chi connectivity index (χ3v) is 4.68. The van der Waals surface area contributed by atoms with Crippen LogP contribution >= 0.6 is 0 Å². The highest BCUT2D eigenvalue weighted by Gasteiger charge is 2.20.